The number of ether oxygens (including phenoxy) is 1. The van der Waals surface area contributed by atoms with Gasteiger partial charge in [-0.2, -0.15) is 0 Å². The number of hydrogen-bond acceptors (Lipinski definition) is 3. The SMILES string of the molecule is CCCOCC(=O)N1CCc2ccc(O)cc2C1. The van der Waals surface area contributed by atoms with Gasteiger partial charge < -0.3 is 14.7 Å². The summed E-state index contributed by atoms with van der Waals surface area (Å²) in [4.78, 5) is 13.7. The first kappa shape index (κ1) is 12.9. The van der Waals surface area contributed by atoms with Crippen molar-refractivity contribution in [1.82, 2.24) is 4.90 Å². The van der Waals surface area contributed by atoms with E-state index in [1.807, 2.05) is 13.0 Å². The molecule has 18 heavy (non-hydrogen) atoms. The van der Waals surface area contributed by atoms with Gasteiger partial charge in [-0.25, -0.2) is 0 Å². The number of carbonyl (C=O) groups is 1. The van der Waals surface area contributed by atoms with Gasteiger partial charge >= 0.3 is 0 Å². The highest BCUT2D eigenvalue weighted by Gasteiger charge is 2.20. The summed E-state index contributed by atoms with van der Waals surface area (Å²) in [6, 6.07) is 5.36. The third kappa shape index (κ3) is 3.01. The molecule has 1 aliphatic heterocycles. The summed E-state index contributed by atoms with van der Waals surface area (Å²) < 4.78 is 5.27. The number of rotatable bonds is 4. The Balaban J connectivity index is 1.96. The third-order valence-electron chi connectivity index (χ3n) is 3.13. The van der Waals surface area contributed by atoms with Crippen molar-refractivity contribution in [2.75, 3.05) is 19.8 Å². The molecule has 0 aromatic heterocycles. The molecule has 1 aliphatic rings. The standard InChI is InChI=1S/C14H19NO3/c1-2-7-18-10-14(17)15-6-5-11-3-4-13(16)8-12(11)9-15/h3-4,8,16H,2,5-7,9-10H2,1H3. The van der Waals surface area contributed by atoms with Crippen LogP contribution in [0.25, 0.3) is 0 Å². The molecule has 1 N–H and O–H groups in total. The Morgan fingerprint density at radius 3 is 3.06 bits per heavy atom. The lowest BCUT2D eigenvalue weighted by Gasteiger charge is -2.28. The maximum atomic E-state index is 11.9. The van der Waals surface area contributed by atoms with Gasteiger partial charge in [0.25, 0.3) is 0 Å². The second-order valence-electron chi connectivity index (χ2n) is 4.57. The minimum absolute atomic E-state index is 0.0254. The summed E-state index contributed by atoms with van der Waals surface area (Å²) in [6.07, 6.45) is 1.76. The fourth-order valence-electron chi connectivity index (χ4n) is 2.15. The molecule has 2 rings (SSSR count). The molecule has 0 saturated heterocycles. The smallest absolute Gasteiger partial charge is 0.248 e. The van der Waals surface area contributed by atoms with Crippen LogP contribution in [0.15, 0.2) is 18.2 Å². The molecule has 0 saturated carbocycles. The van der Waals surface area contributed by atoms with Crippen LogP contribution in [0.2, 0.25) is 0 Å². The maximum Gasteiger partial charge on any atom is 0.248 e. The van der Waals surface area contributed by atoms with E-state index in [1.165, 1.54) is 5.56 Å². The van der Waals surface area contributed by atoms with Gasteiger partial charge in [0.1, 0.15) is 12.4 Å². The molecular formula is C14H19NO3. The predicted molar refractivity (Wildman–Crippen MR) is 68.3 cm³/mol. The molecule has 0 fully saturated rings. The van der Waals surface area contributed by atoms with E-state index in [-0.39, 0.29) is 18.3 Å². The summed E-state index contributed by atoms with van der Waals surface area (Å²) >= 11 is 0. The number of amides is 1. The monoisotopic (exact) mass is 249 g/mol. The Labute approximate surface area is 107 Å². The lowest BCUT2D eigenvalue weighted by Crippen LogP contribution is -2.38. The highest BCUT2D eigenvalue weighted by atomic mass is 16.5. The van der Waals surface area contributed by atoms with Gasteiger partial charge in [-0.3, -0.25) is 4.79 Å². The quantitative estimate of drug-likeness (QED) is 0.826. The topological polar surface area (TPSA) is 49.8 Å². The van der Waals surface area contributed by atoms with Crippen molar-refractivity contribution in [3.05, 3.63) is 29.3 Å². The summed E-state index contributed by atoms with van der Waals surface area (Å²) in [5.41, 5.74) is 2.25. The van der Waals surface area contributed by atoms with Crippen LogP contribution in [-0.2, 0) is 22.5 Å². The molecule has 0 bridgehead atoms. The largest absolute Gasteiger partial charge is 0.508 e. The minimum atomic E-state index is 0.0254. The number of phenols is 1. The zero-order valence-electron chi connectivity index (χ0n) is 10.7. The van der Waals surface area contributed by atoms with Crippen LogP contribution in [0.5, 0.6) is 5.75 Å². The molecule has 0 radical (unpaired) electrons. The van der Waals surface area contributed by atoms with Crippen LogP contribution in [0, 0.1) is 0 Å². The van der Waals surface area contributed by atoms with Crippen molar-refractivity contribution in [2.24, 2.45) is 0 Å². The van der Waals surface area contributed by atoms with Gasteiger partial charge in [-0.15, -0.1) is 0 Å². The average molecular weight is 249 g/mol. The fourth-order valence-corrected chi connectivity index (χ4v) is 2.15. The van der Waals surface area contributed by atoms with Gasteiger partial charge in [0.05, 0.1) is 0 Å². The van der Waals surface area contributed by atoms with E-state index in [9.17, 15) is 9.90 Å². The van der Waals surface area contributed by atoms with E-state index in [0.29, 0.717) is 13.2 Å². The van der Waals surface area contributed by atoms with Crippen molar-refractivity contribution >= 4 is 5.91 Å². The first-order valence-corrected chi connectivity index (χ1v) is 6.37. The van der Waals surface area contributed by atoms with Crippen LogP contribution in [0.4, 0.5) is 0 Å². The average Bonchev–Trinajstić information content (AvgIpc) is 2.38. The molecule has 1 aromatic carbocycles. The maximum absolute atomic E-state index is 11.9. The summed E-state index contributed by atoms with van der Waals surface area (Å²) in [5, 5.41) is 9.46. The molecule has 0 unspecified atom stereocenters. The second kappa shape index (κ2) is 5.87. The van der Waals surface area contributed by atoms with Crippen molar-refractivity contribution in [1.29, 1.82) is 0 Å². The van der Waals surface area contributed by atoms with Crippen LogP contribution in [0.3, 0.4) is 0 Å². The second-order valence-corrected chi connectivity index (χ2v) is 4.57. The van der Waals surface area contributed by atoms with E-state index in [0.717, 1.165) is 24.9 Å². The normalized spacial score (nSPS) is 14.4. The molecule has 0 atom stereocenters. The number of phenolic OH excluding ortho intramolecular Hbond substituents is 1. The number of nitrogens with zero attached hydrogens (tertiary/aromatic N) is 1. The molecule has 4 nitrogen and oxygen atoms in total. The third-order valence-corrected chi connectivity index (χ3v) is 3.13. The predicted octanol–water partition coefficient (Wildman–Crippen LogP) is 1.70. The number of benzene rings is 1. The highest BCUT2D eigenvalue weighted by Crippen LogP contribution is 2.23. The van der Waals surface area contributed by atoms with Crippen LogP contribution < -0.4 is 0 Å². The molecule has 1 heterocycles. The van der Waals surface area contributed by atoms with Crippen molar-refractivity contribution in [3.8, 4) is 5.75 Å². The number of hydrogen-bond donors (Lipinski definition) is 1. The fraction of sp³-hybridized carbons (Fsp3) is 0.500. The number of carbonyl (C=O) groups excluding carboxylic acids is 1. The number of fused-ring (bicyclic) bond motifs is 1. The van der Waals surface area contributed by atoms with Crippen LogP contribution >= 0.6 is 0 Å². The van der Waals surface area contributed by atoms with E-state index in [4.69, 9.17) is 4.74 Å². The lowest BCUT2D eigenvalue weighted by molar-refractivity contribution is -0.137. The van der Waals surface area contributed by atoms with Crippen LogP contribution in [0.1, 0.15) is 24.5 Å². The Hall–Kier alpha value is -1.55. The molecule has 98 valence electrons. The van der Waals surface area contributed by atoms with Gasteiger partial charge in [-0.1, -0.05) is 13.0 Å². The Morgan fingerprint density at radius 2 is 2.28 bits per heavy atom. The first-order valence-electron chi connectivity index (χ1n) is 6.37. The van der Waals surface area contributed by atoms with Gasteiger partial charge in [-0.05, 0) is 36.1 Å². The molecule has 1 aromatic rings. The first-order chi connectivity index (χ1) is 8.70. The van der Waals surface area contributed by atoms with E-state index < -0.39 is 0 Å². The Morgan fingerprint density at radius 1 is 1.44 bits per heavy atom. The van der Waals surface area contributed by atoms with Gasteiger partial charge in [0.15, 0.2) is 0 Å². The minimum Gasteiger partial charge on any atom is -0.508 e. The van der Waals surface area contributed by atoms with Crippen molar-refractivity contribution < 1.29 is 14.6 Å². The van der Waals surface area contributed by atoms with E-state index >= 15 is 0 Å². The van der Waals surface area contributed by atoms with Crippen molar-refractivity contribution in [2.45, 2.75) is 26.3 Å². The van der Waals surface area contributed by atoms with E-state index in [2.05, 4.69) is 0 Å². The lowest BCUT2D eigenvalue weighted by atomic mass is 9.99. The summed E-state index contributed by atoms with van der Waals surface area (Å²) in [7, 11) is 0. The van der Waals surface area contributed by atoms with Crippen molar-refractivity contribution in [3.63, 3.8) is 0 Å². The molecule has 4 heteroatoms. The molecule has 0 spiro atoms. The van der Waals surface area contributed by atoms with Gasteiger partial charge in [0, 0.05) is 19.7 Å². The highest BCUT2D eigenvalue weighted by molar-refractivity contribution is 5.77. The zero-order chi connectivity index (χ0) is 13.0. The molecule has 1 amide bonds. The zero-order valence-corrected chi connectivity index (χ0v) is 10.7. The Bertz CT molecular complexity index is 431. The Kier molecular flexibility index (Phi) is 4.20. The number of aromatic hydroxyl groups is 1. The summed E-state index contributed by atoms with van der Waals surface area (Å²) in [6.45, 7) is 4.09. The van der Waals surface area contributed by atoms with E-state index in [1.54, 1.807) is 17.0 Å². The van der Waals surface area contributed by atoms with Crippen LogP contribution in [-0.4, -0.2) is 35.7 Å². The summed E-state index contributed by atoms with van der Waals surface area (Å²) in [5.74, 6) is 0.280. The molecular weight excluding hydrogens is 230 g/mol. The molecule has 0 aliphatic carbocycles. The van der Waals surface area contributed by atoms with Gasteiger partial charge in [0.2, 0.25) is 5.91 Å².